The molecule has 0 aromatic heterocycles. The molecule has 10 N–H and O–H groups in total. The zero-order valence-electron chi connectivity index (χ0n) is 17.6. The van der Waals surface area contributed by atoms with Gasteiger partial charge in [0.05, 0.1) is 13.1 Å². The summed E-state index contributed by atoms with van der Waals surface area (Å²) in [6.07, 6.45) is 16.7. The Hall–Kier alpha value is 0.140. The third kappa shape index (κ3) is 112. The van der Waals surface area contributed by atoms with Crippen LogP contribution in [0.15, 0.2) is 0 Å². The molecule has 0 bridgehead atoms. The van der Waals surface area contributed by atoms with Gasteiger partial charge in [-0.05, 0) is 25.7 Å². The Morgan fingerprint density at radius 3 is 0.929 bits per heavy atom. The molecule has 0 aromatic rings. The predicted molar refractivity (Wildman–Crippen MR) is 106 cm³/mol. The summed E-state index contributed by atoms with van der Waals surface area (Å²) in [6, 6.07) is 0. The van der Waals surface area contributed by atoms with Crippen LogP contribution in [-0.4, -0.2) is 32.7 Å². The third-order valence-electron chi connectivity index (χ3n) is 3.21. The highest BCUT2D eigenvalue weighted by molar-refractivity contribution is 7.43. The van der Waals surface area contributed by atoms with Crippen molar-refractivity contribution in [3.63, 3.8) is 0 Å². The van der Waals surface area contributed by atoms with Crippen LogP contribution in [0.25, 0.3) is 0 Å². The van der Waals surface area contributed by atoms with Gasteiger partial charge < -0.3 is 40.8 Å². The molecule has 0 spiro atoms. The number of phosphoric acid groups is 2. The molecule has 0 atom stereocenters. The molecule has 176 valence electrons. The van der Waals surface area contributed by atoms with Crippen LogP contribution in [0.1, 0.15) is 90.9 Å². The van der Waals surface area contributed by atoms with Crippen LogP contribution in [0.3, 0.4) is 0 Å². The van der Waals surface area contributed by atoms with Crippen LogP contribution in [0, 0.1) is 0 Å². The maximum absolute atomic E-state index is 8.77. The van der Waals surface area contributed by atoms with E-state index in [1.54, 1.807) is 0 Å². The van der Waals surface area contributed by atoms with Gasteiger partial charge in [-0.3, -0.25) is 9.13 Å². The zero-order valence-corrected chi connectivity index (χ0v) is 19.4. The summed E-state index contributed by atoms with van der Waals surface area (Å²) in [5, 5.41) is 0. The van der Waals surface area contributed by atoms with Crippen molar-refractivity contribution < 1.29 is 50.0 Å². The van der Waals surface area contributed by atoms with Crippen LogP contribution in [0.2, 0.25) is 0 Å². The second-order valence-corrected chi connectivity index (χ2v) is 8.19. The number of unbranched alkanes of at least 4 members (excludes halogenated alkanes) is 10. The van der Waals surface area contributed by atoms with E-state index in [1.807, 2.05) is 0 Å². The Morgan fingerprint density at radius 2 is 0.750 bits per heavy atom. The molecule has 0 saturated carbocycles. The van der Waals surface area contributed by atoms with Crippen molar-refractivity contribution in [1.29, 1.82) is 0 Å². The maximum Gasteiger partial charge on any atom is 0.262 e. The Balaban J connectivity index is -0.000000143. The molecule has 10 nitrogen and oxygen atoms in total. The molecule has 0 aliphatic rings. The average Bonchev–Trinajstić information content (AvgIpc) is 2.52. The quantitative estimate of drug-likeness (QED) is 0.174. The second kappa shape index (κ2) is 27.1. The second-order valence-electron chi connectivity index (χ2n) is 6.22. The largest absolute Gasteiger partial charge is 0.756 e. The molecule has 0 unspecified atom stereocenters. The number of hydrogen-bond acceptors (Lipinski definition) is 4. The summed E-state index contributed by atoms with van der Waals surface area (Å²) in [6.45, 7) is 6.74. The lowest BCUT2D eigenvalue weighted by Crippen LogP contribution is -2.50. The predicted octanol–water partition coefficient (Wildman–Crippen LogP) is 0.0564. The van der Waals surface area contributed by atoms with Crippen molar-refractivity contribution in [3.05, 3.63) is 0 Å². The Kier molecular flexibility index (Phi) is 34.5. The lowest BCUT2D eigenvalue weighted by molar-refractivity contribution is -0.368. The van der Waals surface area contributed by atoms with Crippen molar-refractivity contribution in [2.75, 3.05) is 13.1 Å². The number of quaternary nitrogens is 2. The van der Waals surface area contributed by atoms with Gasteiger partial charge in [0.1, 0.15) is 0 Å². The molecule has 0 aromatic carbocycles. The van der Waals surface area contributed by atoms with Crippen molar-refractivity contribution in [2.45, 2.75) is 90.9 Å². The molecule has 28 heavy (non-hydrogen) atoms. The standard InChI is InChI=1S/2C8H19N.2H3O4P/c2*1-2-3-4-5-6-7-8-9;2*1-5(2,3)4/h2*2-9H2,1H3;2*(H3,1,2,3,4). The minimum atomic E-state index is -4.89. The van der Waals surface area contributed by atoms with E-state index in [9.17, 15) is 0 Å². The van der Waals surface area contributed by atoms with Gasteiger partial charge in [-0.1, -0.05) is 65.2 Å². The molecule has 0 amide bonds. The van der Waals surface area contributed by atoms with Gasteiger partial charge in [0, 0.05) is 0 Å². The van der Waals surface area contributed by atoms with E-state index in [1.165, 1.54) is 77.0 Å². The smallest absolute Gasteiger partial charge is 0.262 e. The topological polar surface area (TPSA) is 216 Å². The fraction of sp³-hybridized carbons (Fsp3) is 1.00. The Labute approximate surface area is 170 Å². The van der Waals surface area contributed by atoms with Crippen LogP contribution in [-0.2, 0) is 9.13 Å². The molecule has 0 saturated heterocycles. The highest BCUT2D eigenvalue weighted by Gasteiger charge is 1.88. The SMILES string of the molecule is CCCCCCCC[NH3+].CCCCCCCC[NH3+].O=P([O-])(O)O.O=P([O-])(O)O. The summed E-state index contributed by atoms with van der Waals surface area (Å²) in [5.74, 6) is 0. The molecular formula is C16H44N2O8P2. The zero-order chi connectivity index (χ0) is 22.9. The van der Waals surface area contributed by atoms with Gasteiger partial charge in [0.15, 0.2) is 0 Å². The van der Waals surface area contributed by atoms with Gasteiger partial charge in [-0.25, -0.2) is 0 Å². The summed E-state index contributed by atoms with van der Waals surface area (Å²) >= 11 is 0. The monoisotopic (exact) mass is 454 g/mol. The van der Waals surface area contributed by atoms with E-state index in [0.29, 0.717) is 0 Å². The fourth-order valence-corrected chi connectivity index (χ4v) is 1.91. The first-order valence-electron chi connectivity index (χ1n) is 9.94. The molecule has 0 aliphatic carbocycles. The minimum absolute atomic E-state index is 1.12. The molecule has 12 heteroatoms. The van der Waals surface area contributed by atoms with Crippen LogP contribution >= 0.6 is 15.6 Å². The highest BCUT2D eigenvalue weighted by Crippen LogP contribution is 2.19. The van der Waals surface area contributed by atoms with E-state index in [0.717, 1.165) is 13.1 Å². The van der Waals surface area contributed by atoms with E-state index in [-0.39, 0.29) is 0 Å². The van der Waals surface area contributed by atoms with E-state index in [2.05, 4.69) is 25.3 Å². The summed E-state index contributed by atoms with van der Waals surface area (Å²) < 4.78 is 17.5. The molecule has 0 rings (SSSR count). The third-order valence-corrected chi connectivity index (χ3v) is 3.21. The average molecular weight is 454 g/mol. The van der Waals surface area contributed by atoms with Crippen molar-refractivity contribution >= 4 is 15.6 Å². The van der Waals surface area contributed by atoms with Gasteiger partial charge in [-0.15, -0.1) is 0 Å². The number of rotatable bonds is 12. The lowest BCUT2D eigenvalue weighted by Gasteiger charge is -2.01. The number of hydrogen-bond donors (Lipinski definition) is 6. The summed E-state index contributed by atoms with van der Waals surface area (Å²) in [5.41, 5.74) is 7.61. The van der Waals surface area contributed by atoms with Crippen molar-refractivity contribution in [2.24, 2.45) is 0 Å². The van der Waals surface area contributed by atoms with Crippen molar-refractivity contribution in [3.8, 4) is 0 Å². The van der Waals surface area contributed by atoms with Gasteiger partial charge >= 0.3 is 0 Å². The van der Waals surface area contributed by atoms with Gasteiger partial charge in [0.25, 0.3) is 15.6 Å². The molecular weight excluding hydrogens is 410 g/mol. The van der Waals surface area contributed by atoms with Crippen LogP contribution in [0.5, 0.6) is 0 Å². The van der Waals surface area contributed by atoms with Crippen LogP contribution in [0.4, 0.5) is 0 Å². The van der Waals surface area contributed by atoms with E-state index >= 15 is 0 Å². The Bertz CT molecular complexity index is 302. The highest BCUT2D eigenvalue weighted by atomic mass is 31.2. The molecule has 0 heterocycles. The van der Waals surface area contributed by atoms with Gasteiger partial charge in [0.2, 0.25) is 0 Å². The fourth-order valence-electron chi connectivity index (χ4n) is 1.91. The van der Waals surface area contributed by atoms with E-state index < -0.39 is 15.6 Å². The van der Waals surface area contributed by atoms with Gasteiger partial charge in [-0.2, -0.15) is 0 Å². The van der Waals surface area contributed by atoms with E-state index in [4.69, 9.17) is 38.5 Å². The maximum atomic E-state index is 8.77. The van der Waals surface area contributed by atoms with Crippen LogP contribution < -0.4 is 21.3 Å². The molecule has 0 radical (unpaired) electrons. The first-order chi connectivity index (χ1) is 12.8. The Morgan fingerprint density at radius 1 is 0.571 bits per heavy atom. The minimum Gasteiger partial charge on any atom is -0.756 e. The first kappa shape index (κ1) is 35.6. The summed E-state index contributed by atoms with van der Waals surface area (Å²) in [7, 11) is -9.78. The molecule has 0 fully saturated rings. The summed E-state index contributed by atoms with van der Waals surface area (Å²) in [4.78, 5) is 45.8. The lowest BCUT2D eigenvalue weighted by atomic mass is 10.1. The van der Waals surface area contributed by atoms with Crippen molar-refractivity contribution in [1.82, 2.24) is 0 Å². The molecule has 0 aliphatic heterocycles. The first-order valence-corrected chi connectivity index (χ1v) is 13.0. The normalized spacial score (nSPS) is 10.6.